The molecule has 1 unspecified atom stereocenters. The highest BCUT2D eigenvalue weighted by molar-refractivity contribution is 5.92. The van der Waals surface area contributed by atoms with Crippen molar-refractivity contribution in [3.8, 4) is 0 Å². The number of pyridine rings is 1. The number of carbonyl (C=O) groups is 2. The van der Waals surface area contributed by atoms with Crippen LogP contribution in [0.15, 0.2) is 18.3 Å². The van der Waals surface area contributed by atoms with E-state index in [1.54, 1.807) is 33.2 Å². The SMILES string of the molecule is CC(CNc1ccnc(C(=O)N(C)C)c1)C(=O)O. The molecule has 2 N–H and O–H groups in total. The molecule has 0 aromatic carbocycles. The monoisotopic (exact) mass is 251 g/mol. The summed E-state index contributed by atoms with van der Waals surface area (Å²) in [6.07, 6.45) is 1.52. The molecular weight excluding hydrogens is 234 g/mol. The lowest BCUT2D eigenvalue weighted by atomic mass is 10.2. The van der Waals surface area contributed by atoms with E-state index in [0.717, 1.165) is 0 Å². The normalized spacial score (nSPS) is 11.7. The zero-order valence-corrected chi connectivity index (χ0v) is 10.7. The molecule has 0 saturated carbocycles. The van der Waals surface area contributed by atoms with E-state index in [4.69, 9.17) is 5.11 Å². The Hall–Kier alpha value is -2.11. The lowest BCUT2D eigenvalue weighted by Crippen LogP contribution is -2.23. The van der Waals surface area contributed by atoms with Crippen LogP contribution in [0.4, 0.5) is 5.69 Å². The highest BCUT2D eigenvalue weighted by atomic mass is 16.4. The van der Waals surface area contributed by atoms with Crippen LogP contribution in [0.25, 0.3) is 0 Å². The number of nitrogens with zero attached hydrogens (tertiary/aromatic N) is 2. The van der Waals surface area contributed by atoms with Gasteiger partial charge in [0, 0.05) is 32.5 Å². The van der Waals surface area contributed by atoms with Gasteiger partial charge in [0.1, 0.15) is 5.69 Å². The van der Waals surface area contributed by atoms with E-state index in [-0.39, 0.29) is 5.91 Å². The van der Waals surface area contributed by atoms with Gasteiger partial charge in [0.25, 0.3) is 5.91 Å². The van der Waals surface area contributed by atoms with E-state index in [9.17, 15) is 9.59 Å². The van der Waals surface area contributed by atoms with Gasteiger partial charge in [-0.1, -0.05) is 6.92 Å². The molecule has 6 nitrogen and oxygen atoms in total. The maximum absolute atomic E-state index is 11.7. The van der Waals surface area contributed by atoms with Crippen molar-refractivity contribution in [2.75, 3.05) is 26.0 Å². The van der Waals surface area contributed by atoms with Crippen molar-refractivity contribution in [2.24, 2.45) is 5.92 Å². The minimum atomic E-state index is -0.860. The lowest BCUT2D eigenvalue weighted by molar-refractivity contribution is -0.140. The van der Waals surface area contributed by atoms with Gasteiger partial charge in [-0.2, -0.15) is 0 Å². The lowest BCUT2D eigenvalue weighted by Gasteiger charge is -2.12. The Kier molecular flexibility index (Phi) is 4.65. The Morgan fingerprint density at radius 2 is 2.17 bits per heavy atom. The fourth-order valence-corrected chi connectivity index (χ4v) is 1.24. The largest absolute Gasteiger partial charge is 0.481 e. The summed E-state index contributed by atoms with van der Waals surface area (Å²) in [7, 11) is 3.30. The Morgan fingerprint density at radius 1 is 1.50 bits per heavy atom. The number of rotatable bonds is 5. The molecule has 1 amide bonds. The van der Waals surface area contributed by atoms with Gasteiger partial charge in [0.15, 0.2) is 0 Å². The van der Waals surface area contributed by atoms with Crippen LogP contribution in [0.3, 0.4) is 0 Å². The number of aromatic nitrogens is 1. The van der Waals surface area contributed by atoms with Crippen LogP contribution in [0.5, 0.6) is 0 Å². The number of carboxylic acid groups (broad SMARTS) is 1. The number of hydrogen-bond donors (Lipinski definition) is 2. The number of aliphatic carboxylic acids is 1. The highest BCUT2D eigenvalue weighted by Gasteiger charge is 2.12. The highest BCUT2D eigenvalue weighted by Crippen LogP contribution is 2.10. The molecule has 0 aliphatic carbocycles. The first-order chi connectivity index (χ1) is 8.41. The zero-order chi connectivity index (χ0) is 13.7. The summed E-state index contributed by atoms with van der Waals surface area (Å²) in [5.74, 6) is -1.54. The van der Waals surface area contributed by atoms with Crippen LogP contribution in [0.1, 0.15) is 17.4 Å². The standard InChI is InChI=1S/C12H17N3O3/c1-8(12(17)18)7-14-9-4-5-13-10(6-9)11(16)15(2)3/h4-6,8H,7H2,1-3H3,(H,13,14)(H,17,18). The van der Waals surface area contributed by atoms with Crippen molar-refractivity contribution in [1.29, 1.82) is 0 Å². The Balaban J connectivity index is 2.71. The fourth-order valence-electron chi connectivity index (χ4n) is 1.24. The second kappa shape index (κ2) is 6.00. The third kappa shape index (κ3) is 3.73. The Bertz CT molecular complexity index is 446. The quantitative estimate of drug-likeness (QED) is 0.813. The van der Waals surface area contributed by atoms with Gasteiger partial charge in [-0.3, -0.25) is 14.6 Å². The van der Waals surface area contributed by atoms with Gasteiger partial charge < -0.3 is 15.3 Å². The van der Waals surface area contributed by atoms with Gasteiger partial charge in [-0.05, 0) is 12.1 Å². The van der Waals surface area contributed by atoms with Crippen molar-refractivity contribution < 1.29 is 14.7 Å². The maximum Gasteiger partial charge on any atom is 0.308 e. The van der Waals surface area contributed by atoms with Crippen molar-refractivity contribution in [1.82, 2.24) is 9.88 Å². The molecule has 98 valence electrons. The maximum atomic E-state index is 11.7. The van der Waals surface area contributed by atoms with Crippen molar-refractivity contribution in [3.63, 3.8) is 0 Å². The molecule has 1 aromatic heterocycles. The molecular formula is C12H17N3O3. The molecule has 1 rings (SSSR count). The summed E-state index contributed by atoms with van der Waals surface area (Å²) in [4.78, 5) is 27.8. The number of carboxylic acids is 1. The Morgan fingerprint density at radius 3 is 2.72 bits per heavy atom. The molecule has 0 spiro atoms. The second-order valence-corrected chi connectivity index (χ2v) is 4.25. The smallest absolute Gasteiger partial charge is 0.308 e. The first kappa shape index (κ1) is 14.0. The van der Waals surface area contributed by atoms with Crippen LogP contribution >= 0.6 is 0 Å². The topological polar surface area (TPSA) is 82.5 Å². The first-order valence-corrected chi connectivity index (χ1v) is 5.56. The van der Waals surface area contributed by atoms with E-state index >= 15 is 0 Å². The van der Waals surface area contributed by atoms with Crippen molar-refractivity contribution >= 4 is 17.6 Å². The summed E-state index contributed by atoms with van der Waals surface area (Å²) < 4.78 is 0. The van der Waals surface area contributed by atoms with Crippen LogP contribution < -0.4 is 5.32 Å². The van der Waals surface area contributed by atoms with Gasteiger partial charge >= 0.3 is 5.97 Å². The molecule has 1 aromatic rings. The second-order valence-electron chi connectivity index (χ2n) is 4.25. The predicted molar refractivity (Wildman–Crippen MR) is 67.5 cm³/mol. The molecule has 0 bridgehead atoms. The van der Waals surface area contributed by atoms with E-state index in [1.165, 1.54) is 11.1 Å². The molecule has 0 aliphatic rings. The first-order valence-electron chi connectivity index (χ1n) is 5.56. The van der Waals surface area contributed by atoms with E-state index in [1.807, 2.05) is 0 Å². The summed E-state index contributed by atoms with van der Waals surface area (Å²) >= 11 is 0. The average molecular weight is 251 g/mol. The molecule has 0 fully saturated rings. The molecule has 1 atom stereocenters. The van der Waals surface area contributed by atoms with Crippen LogP contribution in [-0.4, -0.2) is 47.5 Å². The van der Waals surface area contributed by atoms with Crippen molar-refractivity contribution in [3.05, 3.63) is 24.0 Å². The Labute approximate surface area is 106 Å². The number of carbonyl (C=O) groups excluding carboxylic acids is 1. The number of nitrogens with one attached hydrogen (secondary N) is 1. The summed E-state index contributed by atoms with van der Waals surface area (Å²) in [6.45, 7) is 1.91. The summed E-state index contributed by atoms with van der Waals surface area (Å²) in [6, 6.07) is 3.30. The number of amides is 1. The van der Waals surface area contributed by atoms with Crippen molar-refractivity contribution in [2.45, 2.75) is 6.92 Å². The predicted octanol–water partition coefficient (Wildman–Crippen LogP) is 0.916. The zero-order valence-electron chi connectivity index (χ0n) is 10.7. The minimum Gasteiger partial charge on any atom is -0.481 e. The molecule has 1 heterocycles. The summed E-state index contributed by atoms with van der Waals surface area (Å²) in [5, 5.41) is 11.7. The van der Waals surface area contributed by atoms with Gasteiger partial charge in [0.2, 0.25) is 0 Å². The summed E-state index contributed by atoms with van der Waals surface area (Å²) in [5.41, 5.74) is 1.01. The van der Waals surface area contributed by atoms with E-state index in [2.05, 4.69) is 10.3 Å². The molecule has 6 heteroatoms. The van der Waals surface area contributed by atoms with Gasteiger partial charge in [0.05, 0.1) is 5.92 Å². The third-order valence-electron chi connectivity index (χ3n) is 2.42. The van der Waals surface area contributed by atoms with E-state index in [0.29, 0.717) is 17.9 Å². The molecule has 0 radical (unpaired) electrons. The third-order valence-corrected chi connectivity index (χ3v) is 2.42. The number of hydrogen-bond acceptors (Lipinski definition) is 4. The molecule has 18 heavy (non-hydrogen) atoms. The fraction of sp³-hybridized carbons (Fsp3) is 0.417. The number of anilines is 1. The molecule has 0 saturated heterocycles. The van der Waals surface area contributed by atoms with Crippen LogP contribution in [0, 0.1) is 5.92 Å². The van der Waals surface area contributed by atoms with Crippen LogP contribution in [0.2, 0.25) is 0 Å². The minimum absolute atomic E-state index is 0.190. The van der Waals surface area contributed by atoms with Gasteiger partial charge in [-0.25, -0.2) is 0 Å². The van der Waals surface area contributed by atoms with Crippen LogP contribution in [-0.2, 0) is 4.79 Å². The average Bonchev–Trinajstić information content (AvgIpc) is 2.35. The van der Waals surface area contributed by atoms with E-state index < -0.39 is 11.9 Å². The van der Waals surface area contributed by atoms with Gasteiger partial charge in [-0.15, -0.1) is 0 Å². The molecule has 0 aliphatic heterocycles.